The van der Waals surface area contributed by atoms with Crippen LogP contribution in [0.25, 0.3) is 0 Å². The van der Waals surface area contributed by atoms with Gasteiger partial charge in [0, 0.05) is 28.6 Å². The van der Waals surface area contributed by atoms with Gasteiger partial charge in [0.15, 0.2) is 0 Å². The van der Waals surface area contributed by atoms with Crippen molar-refractivity contribution in [3.8, 4) is 0 Å². The number of aryl methyl sites for hydroxylation is 3. The molecule has 0 saturated carbocycles. The molecule has 1 aliphatic carbocycles. The van der Waals surface area contributed by atoms with Crippen LogP contribution in [0, 0.1) is 0 Å². The van der Waals surface area contributed by atoms with Crippen LogP contribution in [0.3, 0.4) is 0 Å². The largest absolute Gasteiger partial charge is 0.306 e. The van der Waals surface area contributed by atoms with Gasteiger partial charge in [0.2, 0.25) is 0 Å². The van der Waals surface area contributed by atoms with Gasteiger partial charge >= 0.3 is 0 Å². The lowest BCUT2D eigenvalue weighted by Gasteiger charge is -2.14. The van der Waals surface area contributed by atoms with E-state index in [0.717, 1.165) is 6.54 Å². The Labute approximate surface area is 125 Å². The lowest BCUT2D eigenvalue weighted by molar-refractivity contribution is 0.637. The number of fused-ring (bicyclic) bond motifs is 1. The predicted octanol–water partition coefficient (Wildman–Crippen LogP) is 3.45. The number of hydrogen-bond acceptors (Lipinski definition) is 3. The highest BCUT2D eigenvalue weighted by Gasteiger charge is 2.20. The first kappa shape index (κ1) is 13.8. The molecule has 2 aromatic rings. The molecule has 0 aromatic carbocycles. The Bertz CT molecular complexity index is 547. The standard InChI is InChI=1S/C16H23N3S/c1-3-17-16(13-10-18-19(2)11-13)15-9-12-7-5-4-6-8-14(12)20-15/h9-11,16-17H,3-8H2,1-2H3. The molecule has 1 aliphatic rings. The molecule has 3 rings (SSSR count). The summed E-state index contributed by atoms with van der Waals surface area (Å²) in [6.07, 6.45) is 10.7. The van der Waals surface area contributed by atoms with Crippen LogP contribution in [-0.4, -0.2) is 16.3 Å². The predicted molar refractivity (Wildman–Crippen MR) is 84.3 cm³/mol. The molecule has 0 spiro atoms. The fourth-order valence-corrected chi connectivity index (χ4v) is 4.37. The van der Waals surface area contributed by atoms with Crippen molar-refractivity contribution in [2.24, 2.45) is 7.05 Å². The van der Waals surface area contributed by atoms with Crippen LogP contribution in [0.4, 0.5) is 0 Å². The second-order valence-corrected chi connectivity index (χ2v) is 6.76. The normalized spacial score (nSPS) is 16.7. The number of nitrogens with one attached hydrogen (secondary N) is 1. The molecule has 0 fully saturated rings. The average Bonchev–Trinajstić information content (AvgIpc) is 2.97. The monoisotopic (exact) mass is 289 g/mol. The zero-order valence-electron chi connectivity index (χ0n) is 12.4. The number of nitrogens with zero attached hydrogens (tertiary/aromatic N) is 2. The van der Waals surface area contributed by atoms with Crippen LogP contribution in [0.1, 0.15) is 53.1 Å². The van der Waals surface area contributed by atoms with Gasteiger partial charge in [-0.15, -0.1) is 11.3 Å². The Morgan fingerprint density at radius 3 is 2.95 bits per heavy atom. The Kier molecular flexibility index (Phi) is 4.22. The first-order valence-electron chi connectivity index (χ1n) is 7.61. The third-order valence-electron chi connectivity index (χ3n) is 4.02. The van der Waals surface area contributed by atoms with Crippen molar-refractivity contribution in [2.45, 2.75) is 45.1 Å². The molecule has 0 saturated heterocycles. The summed E-state index contributed by atoms with van der Waals surface area (Å²) in [4.78, 5) is 3.07. The van der Waals surface area contributed by atoms with E-state index in [-0.39, 0.29) is 0 Å². The fraction of sp³-hybridized carbons (Fsp3) is 0.562. The van der Waals surface area contributed by atoms with Crippen molar-refractivity contribution in [1.82, 2.24) is 15.1 Å². The zero-order valence-corrected chi connectivity index (χ0v) is 13.2. The minimum absolute atomic E-state index is 0.297. The van der Waals surface area contributed by atoms with E-state index in [2.05, 4.69) is 29.6 Å². The molecule has 2 heterocycles. The highest BCUT2D eigenvalue weighted by molar-refractivity contribution is 7.12. The second-order valence-electron chi connectivity index (χ2n) is 5.60. The summed E-state index contributed by atoms with van der Waals surface area (Å²) in [5.41, 5.74) is 2.86. The third-order valence-corrected chi connectivity index (χ3v) is 5.32. The summed E-state index contributed by atoms with van der Waals surface area (Å²) in [5.74, 6) is 0. The molecule has 0 amide bonds. The molecule has 1 atom stereocenters. The Morgan fingerprint density at radius 1 is 1.35 bits per heavy atom. The maximum absolute atomic E-state index is 4.32. The number of aromatic nitrogens is 2. The van der Waals surface area contributed by atoms with Gasteiger partial charge in [-0.05, 0) is 43.9 Å². The van der Waals surface area contributed by atoms with E-state index < -0.39 is 0 Å². The topological polar surface area (TPSA) is 29.9 Å². The van der Waals surface area contributed by atoms with E-state index in [1.165, 1.54) is 42.5 Å². The lowest BCUT2D eigenvalue weighted by atomic mass is 10.1. The van der Waals surface area contributed by atoms with Gasteiger partial charge < -0.3 is 5.32 Å². The first-order valence-corrected chi connectivity index (χ1v) is 8.43. The first-order chi connectivity index (χ1) is 9.78. The van der Waals surface area contributed by atoms with Gasteiger partial charge in [0.1, 0.15) is 0 Å². The SMILES string of the molecule is CCNC(c1cnn(C)c1)c1cc2c(s1)CCCCC2. The summed E-state index contributed by atoms with van der Waals surface area (Å²) in [6, 6.07) is 2.73. The minimum atomic E-state index is 0.297. The quantitative estimate of drug-likeness (QED) is 0.874. The smallest absolute Gasteiger partial charge is 0.0702 e. The fourth-order valence-electron chi connectivity index (χ4n) is 3.01. The van der Waals surface area contributed by atoms with Crippen LogP contribution in [0.5, 0.6) is 0 Å². The third kappa shape index (κ3) is 2.81. The van der Waals surface area contributed by atoms with E-state index in [1.807, 2.05) is 29.3 Å². The summed E-state index contributed by atoms with van der Waals surface area (Å²) in [7, 11) is 1.98. The van der Waals surface area contributed by atoms with Crippen molar-refractivity contribution >= 4 is 11.3 Å². The van der Waals surface area contributed by atoms with E-state index >= 15 is 0 Å². The van der Waals surface area contributed by atoms with Gasteiger partial charge in [-0.3, -0.25) is 4.68 Å². The Balaban J connectivity index is 1.91. The summed E-state index contributed by atoms with van der Waals surface area (Å²) < 4.78 is 1.89. The van der Waals surface area contributed by atoms with Crippen molar-refractivity contribution in [3.05, 3.63) is 39.3 Å². The van der Waals surface area contributed by atoms with Crippen molar-refractivity contribution in [1.29, 1.82) is 0 Å². The van der Waals surface area contributed by atoms with E-state index in [4.69, 9.17) is 0 Å². The van der Waals surface area contributed by atoms with Gasteiger partial charge in [-0.2, -0.15) is 5.10 Å². The lowest BCUT2D eigenvalue weighted by Crippen LogP contribution is -2.20. The Morgan fingerprint density at radius 2 is 2.20 bits per heavy atom. The average molecular weight is 289 g/mol. The zero-order chi connectivity index (χ0) is 13.9. The molecular formula is C16H23N3S. The molecule has 108 valence electrons. The molecule has 0 bridgehead atoms. The molecular weight excluding hydrogens is 266 g/mol. The van der Waals surface area contributed by atoms with Crippen LogP contribution in [0.2, 0.25) is 0 Å². The van der Waals surface area contributed by atoms with Crippen LogP contribution in [0.15, 0.2) is 18.5 Å². The highest BCUT2D eigenvalue weighted by Crippen LogP contribution is 2.34. The van der Waals surface area contributed by atoms with Crippen LogP contribution < -0.4 is 5.32 Å². The summed E-state index contributed by atoms with van der Waals surface area (Å²) in [6.45, 7) is 3.14. The minimum Gasteiger partial charge on any atom is -0.306 e. The second kappa shape index (κ2) is 6.10. The molecule has 0 radical (unpaired) electrons. The number of hydrogen-bond donors (Lipinski definition) is 1. The molecule has 1 N–H and O–H groups in total. The highest BCUT2D eigenvalue weighted by atomic mass is 32.1. The van der Waals surface area contributed by atoms with Gasteiger partial charge in [0.05, 0.1) is 12.2 Å². The molecule has 20 heavy (non-hydrogen) atoms. The summed E-state index contributed by atoms with van der Waals surface area (Å²) in [5, 5.41) is 7.93. The van der Waals surface area contributed by atoms with E-state index in [1.54, 1.807) is 10.4 Å². The maximum atomic E-state index is 4.32. The summed E-state index contributed by atoms with van der Waals surface area (Å²) >= 11 is 2.00. The van der Waals surface area contributed by atoms with Crippen molar-refractivity contribution < 1.29 is 0 Å². The molecule has 1 unspecified atom stereocenters. The molecule has 3 nitrogen and oxygen atoms in total. The molecule has 0 aliphatic heterocycles. The number of rotatable bonds is 4. The van der Waals surface area contributed by atoms with Crippen molar-refractivity contribution in [3.63, 3.8) is 0 Å². The van der Waals surface area contributed by atoms with Gasteiger partial charge in [-0.25, -0.2) is 0 Å². The molecule has 2 aromatic heterocycles. The van der Waals surface area contributed by atoms with Crippen molar-refractivity contribution in [2.75, 3.05) is 6.54 Å². The maximum Gasteiger partial charge on any atom is 0.0702 e. The van der Waals surface area contributed by atoms with Crippen LogP contribution in [-0.2, 0) is 19.9 Å². The van der Waals surface area contributed by atoms with E-state index in [0.29, 0.717) is 6.04 Å². The van der Waals surface area contributed by atoms with Crippen LogP contribution >= 0.6 is 11.3 Å². The number of thiophene rings is 1. The molecule has 4 heteroatoms. The van der Waals surface area contributed by atoms with E-state index in [9.17, 15) is 0 Å². The Hall–Kier alpha value is -1.13. The van der Waals surface area contributed by atoms with Gasteiger partial charge in [-0.1, -0.05) is 13.3 Å². The van der Waals surface area contributed by atoms with Gasteiger partial charge in [0.25, 0.3) is 0 Å².